The van der Waals surface area contributed by atoms with Gasteiger partial charge in [-0.15, -0.1) is 0 Å². The van der Waals surface area contributed by atoms with Crippen molar-refractivity contribution in [1.29, 1.82) is 0 Å². The molecule has 1 heterocycles. The number of amides is 2. The highest BCUT2D eigenvalue weighted by molar-refractivity contribution is 5.98. The number of benzene rings is 2. The number of aromatic amines is 1. The smallest absolute Gasteiger partial charge is 0.329 e. The Kier molecular flexibility index (Phi) is 6.08. The molecule has 168 valence electrons. The van der Waals surface area contributed by atoms with Crippen LogP contribution in [0.2, 0.25) is 0 Å². The van der Waals surface area contributed by atoms with Crippen LogP contribution in [0.25, 0.3) is 0 Å². The molecule has 4 N–H and O–H groups in total. The van der Waals surface area contributed by atoms with Gasteiger partial charge < -0.3 is 20.7 Å². The number of carboxylic acids is 1. The zero-order chi connectivity index (χ0) is 23.4. The predicted molar refractivity (Wildman–Crippen MR) is 121 cm³/mol. The molecule has 0 aliphatic heterocycles. The van der Waals surface area contributed by atoms with Gasteiger partial charge in [0.2, 0.25) is 0 Å². The van der Waals surface area contributed by atoms with Crippen LogP contribution in [0, 0.1) is 0 Å². The Morgan fingerprint density at radius 3 is 1.94 bits per heavy atom. The van der Waals surface area contributed by atoms with Gasteiger partial charge in [-0.1, -0.05) is 60.7 Å². The lowest BCUT2D eigenvalue weighted by atomic mass is 9.76. The van der Waals surface area contributed by atoms with Crippen molar-refractivity contribution in [3.8, 4) is 0 Å². The first-order valence-electron chi connectivity index (χ1n) is 10.6. The summed E-state index contributed by atoms with van der Waals surface area (Å²) in [5, 5.41) is 14.8. The molecule has 0 unspecified atom stereocenters. The second kappa shape index (κ2) is 9.12. The summed E-state index contributed by atoms with van der Waals surface area (Å²) in [5.74, 6) is -2.40. The predicted octanol–water partition coefficient (Wildman–Crippen LogP) is 2.63. The first kappa shape index (κ1) is 22.0. The lowest BCUT2D eigenvalue weighted by molar-refractivity contribution is -0.148. The molecule has 0 bridgehead atoms. The van der Waals surface area contributed by atoms with Crippen molar-refractivity contribution in [3.05, 3.63) is 106 Å². The Morgan fingerprint density at radius 2 is 1.48 bits per heavy atom. The topological polar surface area (TPSA) is 128 Å². The summed E-state index contributed by atoms with van der Waals surface area (Å²) in [4.78, 5) is 52.2. The van der Waals surface area contributed by atoms with Gasteiger partial charge in [0, 0.05) is 12.3 Å². The third kappa shape index (κ3) is 4.55. The molecule has 2 aromatic carbocycles. The summed E-state index contributed by atoms with van der Waals surface area (Å²) in [6, 6.07) is 19.3. The number of rotatable bonds is 7. The maximum atomic E-state index is 13.0. The first-order chi connectivity index (χ1) is 15.9. The monoisotopic (exact) mass is 445 g/mol. The number of pyridine rings is 1. The van der Waals surface area contributed by atoms with Gasteiger partial charge in [0.1, 0.15) is 16.8 Å². The van der Waals surface area contributed by atoms with E-state index in [1.165, 1.54) is 6.20 Å². The Balaban J connectivity index is 1.55. The molecule has 4 rings (SSSR count). The summed E-state index contributed by atoms with van der Waals surface area (Å²) in [7, 11) is 0. The number of carbonyl (C=O) groups is 3. The van der Waals surface area contributed by atoms with Gasteiger partial charge in [-0.2, -0.15) is 0 Å². The molecule has 1 aromatic heterocycles. The van der Waals surface area contributed by atoms with Gasteiger partial charge in [0.25, 0.3) is 11.8 Å². The first-order valence-corrected chi connectivity index (χ1v) is 10.6. The van der Waals surface area contributed by atoms with Crippen molar-refractivity contribution in [2.45, 2.75) is 30.8 Å². The molecular weight excluding hydrogens is 422 g/mol. The Labute approximate surface area is 189 Å². The number of H-pyrrole nitrogens is 1. The van der Waals surface area contributed by atoms with E-state index in [2.05, 4.69) is 15.6 Å². The lowest BCUT2D eigenvalue weighted by Crippen LogP contribution is -2.59. The minimum Gasteiger partial charge on any atom is -0.480 e. The van der Waals surface area contributed by atoms with Crippen LogP contribution in [0.1, 0.15) is 57.3 Å². The number of carbonyl (C=O) groups excluding carboxylic acids is 2. The lowest BCUT2D eigenvalue weighted by Gasteiger charge is -2.38. The molecule has 1 saturated carbocycles. The van der Waals surface area contributed by atoms with E-state index in [0.717, 1.165) is 17.2 Å². The normalized spacial score (nSPS) is 14.2. The SMILES string of the molecule is O=C(NC1(C(=O)O)CCC1)c1cc(=O)c(C(=O)NC(c2ccccc2)c2ccccc2)c[nH]1. The molecule has 0 saturated heterocycles. The number of nitrogens with one attached hydrogen (secondary N) is 3. The minimum absolute atomic E-state index is 0.105. The summed E-state index contributed by atoms with van der Waals surface area (Å²) < 4.78 is 0. The number of hydrogen-bond donors (Lipinski definition) is 4. The van der Waals surface area contributed by atoms with E-state index < -0.39 is 34.8 Å². The molecule has 0 atom stereocenters. The molecule has 1 aliphatic rings. The largest absolute Gasteiger partial charge is 0.480 e. The van der Waals surface area contributed by atoms with Crippen molar-refractivity contribution >= 4 is 17.8 Å². The molecule has 0 spiro atoms. The third-order valence-electron chi connectivity index (χ3n) is 5.91. The molecule has 1 aliphatic carbocycles. The number of hydrogen-bond acceptors (Lipinski definition) is 4. The van der Waals surface area contributed by atoms with Crippen molar-refractivity contribution < 1.29 is 19.5 Å². The van der Waals surface area contributed by atoms with E-state index in [1.54, 1.807) is 0 Å². The zero-order valence-corrected chi connectivity index (χ0v) is 17.7. The van der Waals surface area contributed by atoms with Gasteiger partial charge in [0.05, 0.1) is 6.04 Å². The van der Waals surface area contributed by atoms with Gasteiger partial charge in [-0.25, -0.2) is 4.79 Å². The maximum absolute atomic E-state index is 13.0. The van der Waals surface area contributed by atoms with Crippen LogP contribution in [-0.4, -0.2) is 33.4 Å². The fourth-order valence-electron chi connectivity index (χ4n) is 3.85. The summed E-state index contributed by atoms with van der Waals surface area (Å²) >= 11 is 0. The van der Waals surface area contributed by atoms with Crippen LogP contribution >= 0.6 is 0 Å². The molecule has 0 radical (unpaired) electrons. The third-order valence-corrected chi connectivity index (χ3v) is 5.91. The number of aliphatic carboxylic acids is 1. The van der Waals surface area contributed by atoms with Crippen molar-refractivity contribution in [3.63, 3.8) is 0 Å². The molecular formula is C25H23N3O5. The standard InChI is InChI=1S/C25H23N3O5/c29-20-14-19(23(31)28-25(24(32)33)12-7-13-25)26-15-18(20)22(30)27-21(16-8-3-1-4-9-16)17-10-5-2-6-11-17/h1-6,8-11,14-15,21H,7,12-13H2,(H,26,29)(H,27,30)(H,28,31)(H,32,33). The second-order valence-electron chi connectivity index (χ2n) is 8.05. The van der Waals surface area contributed by atoms with Crippen molar-refractivity contribution in [2.24, 2.45) is 0 Å². The Bertz CT molecular complexity index is 1190. The van der Waals surface area contributed by atoms with E-state index in [0.29, 0.717) is 19.3 Å². The highest BCUT2D eigenvalue weighted by Crippen LogP contribution is 2.32. The van der Waals surface area contributed by atoms with Crippen LogP contribution in [-0.2, 0) is 4.79 Å². The van der Waals surface area contributed by atoms with Crippen LogP contribution in [0.3, 0.4) is 0 Å². The maximum Gasteiger partial charge on any atom is 0.329 e. The average molecular weight is 445 g/mol. The van der Waals surface area contributed by atoms with Gasteiger partial charge in [-0.3, -0.25) is 14.4 Å². The highest BCUT2D eigenvalue weighted by Gasteiger charge is 2.45. The van der Waals surface area contributed by atoms with E-state index in [1.807, 2.05) is 60.7 Å². The van der Waals surface area contributed by atoms with Crippen LogP contribution in [0.15, 0.2) is 77.7 Å². The minimum atomic E-state index is -1.30. The van der Waals surface area contributed by atoms with E-state index in [4.69, 9.17) is 0 Å². The Morgan fingerprint density at radius 1 is 0.909 bits per heavy atom. The second-order valence-corrected chi connectivity index (χ2v) is 8.05. The van der Waals surface area contributed by atoms with Crippen molar-refractivity contribution in [1.82, 2.24) is 15.6 Å². The summed E-state index contributed by atoms with van der Waals surface area (Å²) in [6.07, 6.45) is 2.54. The molecule has 3 aromatic rings. The van der Waals surface area contributed by atoms with Crippen LogP contribution in [0.5, 0.6) is 0 Å². The van der Waals surface area contributed by atoms with E-state index in [-0.39, 0.29) is 11.3 Å². The zero-order valence-electron chi connectivity index (χ0n) is 17.7. The number of aromatic nitrogens is 1. The van der Waals surface area contributed by atoms with Crippen LogP contribution in [0.4, 0.5) is 0 Å². The Hall–Kier alpha value is -4.20. The summed E-state index contributed by atoms with van der Waals surface area (Å²) in [5.41, 5.74) is -0.503. The van der Waals surface area contributed by atoms with Gasteiger partial charge >= 0.3 is 5.97 Å². The van der Waals surface area contributed by atoms with Crippen molar-refractivity contribution in [2.75, 3.05) is 0 Å². The molecule has 1 fully saturated rings. The van der Waals surface area contributed by atoms with Crippen LogP contribution < -0.4 is 16.1 Å². The molecule has 8 heteroatoms. The fourth-order valence-corrected chi connectivity index (χ4v) is 3.85. The quantitative estimate of drug-likeness (QED) is 0.444. The average Bonchev–Trinajstić information content (AvgIpc) is 2.80. The molecule has 8 nitrogen and oxygen atoms in total. The fraction of sp³-hybridized carbons (Fsp3) is 0.200. The number of carboxylic acid groups (broad SMARTS) is 1. The summed E-state index contributed by atoms with van der Waals surface area (Å²) in [6.45, 7) is 0. The molecule has 2 amide bonds. The molecule has 33 heavy (non-hydrogen) atoms. The van der Waals surface area contributed by atoms with E-state index in [9.17, 15) is 24.3 Å². The van der Waals surface area contributed by atoms with E-state index >= 15 is 0 Å². The van der Waals surface area contributed by atoms with Gasteiger partial charge in [-0.05, 0) is 30.4 Å². The highest BCUT2D eigenvalue weighted by atomic mass is 16.4. The van der Waals surface area contributed by atoms with Gasteiger partial charge in [0.15, 0.2) is 5.43 Å².